The summed E-state index contributed by atoms with van der Waals surface area (Å²) in [7, 11) is 0. The first-order valence-corrected chi connectivity index (χ1v) is 8.56. The van der Waals surface area contributed by atoms with Crippen molar-refractivity contribution >= 4 is 11.5 Å². The van der Waals surface area contributed by atoms with Crippen LogP contribution in [0, 0.1) is 20.2 Å². The lowest BCUT2D eigenvalue weighted by Crippen LogP contribution is -2.24. The second kappa shape index (κ2) is 10.3. The van der Waals surface area contributed by atoms with E-state index in [0.29, 0.717) is 24.8 Å². The highest BCUT2D eigenvalue weighted by Gasteiger charge is 2.23. The van der Waals surface area contributed by atoms with Gasteiger partial charge >= 0.3 is 5.97 Å². The van der Waals surface area contributed by atoms with Gasteiger partial charge in [0.05, 0.1) is 5.57 Å². The Kier molecular flexibility index (Phi) is 8.41. The highest BCUT2D eigenvalue weighted by Crippen LogP contribution is 2.18. The zero-order chi connectivity index (χ0) is 19.7. The van der Waals surface area contributed by atoms with E-state index in [4.69, 9.17) is 5.11 Å². The van der Waals surface area contributed by atoms with Crippen LogP contribution in [0.4, 0.5) is 0 Å². The number of hydrogen-bond donors (Lipinski definition) is 1. The van der Waals surface area contributed by atoms with Gasteiger partial charge in [-0.15, -0.1) is 0 Å². The number of nitrogens with zero attached hydrogens (tertiary/aromatic N) is 2. The smallest absolute Gasteiger partial charge is 0.335 e. The third-order valence-electron chi connectivity index (χ3n) is 4.40. The highest BCUT2D eigenvalue weighted by molar-refractivity contribution is 6.15. The highest BCUT2D eigenvalue weighted by atomic mass is 16.6. The molecular formula is C18H24N2O6. The summed E-state index contributed by atoms with van der Waals surface area (Å²) in [5.41, 5.74) is 1.45. The Morgan fingerprint density at radius 1 is 1.12 bits per heavy atom. The van der Waals surface area contributed by atoms with Gasteiger partial charge in [0.25, 0.3) is 0 Å². The number of carboxylic acid groups (broad SMARTS) is 1. The molecule has 1 rings (SSSR count). The van der Waals surface area contributed by atoms with Crippen molar-refractivity contribution in [1.82, 2.24) is 0 Å². The van der Waals surface area contributed by atoms with Crippen molar-refractivity contribution in [3.8, 4) is 0 Å². The maximum atomic E-state index is 11.3. The van der Waals surface area contributed by atoms with Crippen LogP contribution in [-0.4, -0.2) is 33.0 Å². The van der Waals surface area contributed by atoms with E-state index in [2.05, 4.69) is 0 Å². The number of aliphatic carboxylic acids is 1. The van der Waals surface area contributed by atoms with E-state index in [1.165, 1.54) is 6.08 Å². The Hall–Kier alpha value is -2.77. The molecule has 1 aromatic carbocycles. The van der Waals surface area contributed by atoms with Crippen LogP contribution in [0.2, 0.25) is 0 Å². The van der Waals surface area contributed by atoms with Crippen LogP contribution in [0.15, 0.2) is 30.3 Å². The van der Waals surface area contributed by atoms with Crippen LogP contribution in [0.3, 0.4) is 0 Å². The van der Waals surface area contributed by atoms with Crippen molar-refractivity contribution < 1.29 is 19.7 Å². The number of benzene rings is 1. The number of carboxylic acids is 1. The van der Waals surface area contributed by atoms with E-state index < -0.39 is 18.1 Å². The van der Waals surface area contributed by atoms with E-state index in [0.717, 1.165) is 5.56 Å². The number of allylic oxidation sites excluding steroid dienone is 1. The van der Waals surface area contributed by atoms with Crippen LogP contribution in [-0.2, 0) is 11.2 Å². The molecule has 0 aromatic heterocycles. The number of nitro groups is 2. The maximum Gasteiger partial charge on any atom is 0.335 e. The fourth-order valence-corrected chi connectivity index (χ4v) is 2.84. The Labute approximate surface area is 151 Å². The second-order valence-corrected chi connectivity index (χ2v) is 6.13. The van der Waals surface area contributed by atoms with Gasteiger partial charge in [0.15, 0.2) is 0 Å². The molecule has 0 saturated carbocycles. The maximum absolute atomic E-state index is 11.3. The van der Waals surface area contributed by atoms with Crippen LogP contribution in [0.5, 0.6) is 0 Å². The summed E-state index contributed by atoms with van der Waals surface area (Å²) >= 11 is 0. The van der Waals surface area contributed by atoms with Crippen molar-refractivity contribution in [3.63, 3.8) is 0 Å². The predicted molar refractivity (Wildman–Crippen MR) is 97.1 cm³/mol. The molecule has 0 aliphatic carbocycles. The molecule has 142 valence electrons. The van der Waals surface area contributed by atoms with E-state index >= 15 is 0 Å². The van der Waals surface area contributed by atoms with Crippen LogP contribution in [0.1, 0.15) is 50.7 Å². The molecular weight excluding hydrogens is 340 g/mol. The quantitative estimate of drug-likeness (QED) is 0.363. The van der Waals surface area contributed by atoms with Gasteiger partial charge in [-0.25, -0.2) is 4.79 Å². The van der Waals surface area contributed by atoms with Crippen molar-refractivity contribution in [1.29, 1.82) is 0 Å². The van der Waals surface area contributed by atoms with Gasteiger partial charge in [-0.05, 0) is 24.5 Å². The van der Waals surface area contributed by atoms with Crippen molar-refractivity contribution in [2.24, 2.45) is 0 Å². The average molecular weight is 364 g/mol. The molecule has 0 radical (unpaired) electrons. The molecule has 0 aliphatic heterocycles. The third kappa shape index (κ3) is 6.27. The lowest BCUT2D eigenvalue weighted by molar-refractivity contribution is -0.528. The van der Waals surface area contributed by atoms with Crippen molar-refractivity contribution in [2.75, 3.05) is 0 Å². The summed E-state index contributed by atoms with van der Waals surface area (Å²) in [5.74, 6) is -1.03. The van der Waals surface area contributed by atoms with Crippen LogP contribution in [0.25, 0.3) is 5.57 Å². The van der Waals surface area contributed by atoms with E-state index in [1.807, 2.05) is 0 Å². The minimum absolute atomic E-state index is 0.174. The van der Waals surface area contributed by atoms with Gasteiger partial charge < -0.3 is 5.11 Å². The second-order valence-electron chi connectivity index (χ2n) is 6.13. The fourth-order valence-electron chi connectivity index (χ4n) is 2.84. The molecule has 2 atom stereocenters. The summed E-state index contributed by atoms with van der Waals surface area (Å²) < 4.78 is 0. The van der Waals surface area contributed by atoms with Gasteiger partial charge in [0.2, 0.25) is 12.1 Å². The van der Waals surface area contributed by atoms with Gasteiger partial charge in [0.1, 0.15) is 0 Å². The molecule has 1 N–H and O–H groups in total. The predicted octanol–water partition coefficient (Wildman–Crippen LogP) is 3.59. The van der Waals surface area contributed by atoms with E-state index in [-0.39, 0.29) is 28.3 Å². The molecule has 0 saturated heterocycles. The Morgan fingerprint density at radius 3 is 2.08 bits per heavy atom. The summed E-state index contributed by atoms with van der Waals surface area (Å²) in [6.45, 7) is 3.37. The van der Waals surface area contributed by atoms with Gasteiger partial charge in [-0.3, -0.25) is 20.2 Å². The normalized spacial score (nSPS) is 13.8. The Balaban J connectivity index is 2.71. The molecule has 0 aliphatic rings. The average Bonchev–Trinajstić information content (AvgIpc) is 2.58. The van der Waals surface area contributed by atoms with E-state index in [1.54, 1.807) is 38.1 Å². The monoisotopic (exact) mass is 364 g/mol. The lowest BCUT2D eigenvalue weighted by atomic mass is 9.97. The first kappa shape index (κ1) is 21.3. The Morgan fingerprint density at radius 2 is 1.65 bits per heavy atom. The molecule has 26 heavy (non-hydrogen) atoms. The SMILES string of the molecule is CC=C(C(=O)O)c1ccc(CC(CCCC(CC)[N+](=O)[O-])[N+](=O)[O-])cc1. The molecule has 0 heterocycles. The molecule has 8 heteroatoms. The Bertz CT molecular complexity index is 669. The molecule has 0 bridgehead atoms. The standard InChI is InChI=1S/C18H24N2O6/c1-3-15(19(23)24)6-5-7-16(20(25)26)12-13-8-10-14(11-9-13)17(4-2)18(21)22/h4,8-11,15-16H,3,5-7,12H2,1-2H3,(H,21,22). The minimum Gasteiger partial charge on any atom is -0.478 e. The summed E-state index contributed by atoms with van der Waals surface area (Å²) in [4.78, 5) is 32.5. The van der Waals surface area contributed by atoms with E-state index in [9.17, 15) is 25.0 Å². The zero-order valence-corrected chi connectivity index (χ0v) is 15.0. The topological polar surface area (TPSA) is 124 Å². The molecule has 0 fully saturated rings. The molecule has 8 nitrogen and oxygen atoms in total. The van der Waals surface area contributed by atoms with Gasteiger partial charge in [0, 0.05) is 35.5 Å². The number of hydrogen-bond acceptors (Lipinski definition) is 5. The summed E-state index contributed by atoms with van der Waals surface area (Å²) in [6, 6.07) is 5.17. The largest absolute Gasteiger partial charge is 0.478 e. The lowest BCUT2D eigenvalue weighted by Gasteiger charge is -2.11. The van der Waals surface area contributed by atoms with Gasteiger partial charge in [-0.1, -0.05) is 37.3 Å². The molecule has 1 aromatic rings. The molecule has 0 amide bonds. The number of rotatable bonds is 11. The van der Waals surface area contributed by atoms with Gasteiger partial charge in [-0.2, -0.15) is 0 Å². The molecule has 0 spiro atoms. The third-order valence-corrected chi connectivity index (χ3v) is 4.40. The minimum atomic E-state index is -1.03. The number of carbonyl (C=O) groups is 1. The van der Waals surface area contributed by atoms with Crippen molar-refractivity contribution in [2.45, 2.75) is 58.0 Å². The first-order valence-electron chi connectivity index (χ1n) is 8.56. The zero-order valence-electron chi connectivity index (χ0n) is 15.0. The first-order chi connectivity index (χ1) is 12.3. The summed E-state index contributed by atoms with van der Waals surface area (Å²) in [6.07, 6.45) is 3.14. The fraction of sp³-hybridized carbons (Fsp3) is 0.500. The van der Waals surface area contributed by atoms with Crippen molar-refractivity contribution in [3.05, 3.63) is 61.7 Å². The van der Waals surface area contributed by atoms with Crippen LogP contribution < -0.4 is 0 Å². The molecule has 2 unspecified atom stereocenters. The summed E-state index contributed by atoms with van der Waals surface area (Å²) in [5, 5.41) is 31.2. The van der Waals surface area contributed by atoms with Crippen LogP contribution >= 0.6 is 0 Å².